The zero-order valence-corrected chi connectivity index (χ0v) is 16.5. The van der Waals surface area contributed by atoms with Crippen molar-refractivity contribution in [2.45, 2.75) is 31.9 Å². The first-order chi connectivity index (χ1) is 14.1. The normalized spacial score (nSPS) is 19.2. The van der Waals surface area contributed by atoms with Crippen LogP contribution >= 0.6 is 0 Å². The van der Waals surface area contributed by atoms with Gasteiger partial charge in [-0.1, -0.05) is 0 Å². The molecule has 1 atom stereocenters. The molecule has 1 unspecified atom stereocenters. The SMILES string of the molecule is Cc1nc(-c2nnc(C3(C)CCNC3=O)o2)c(Nc2ccc(C(F)(F)F)cc2)n1C. The molecule has 1 aliphatic rings. The number of nitrogens with one attached hydrogen (secondary N) is 2. The third-order valence-electron chi connectivity index (χ3n) is 5.31. The quantitative estimate of drug-likeness (QED) is 0.672. The second-order valence-electron chi connectivity index (χ2n) is 7.37. The van der Waals surface area contributed by atoms with Crippen LogP contribution in [0.4, 0.5) is 24.7 Å². The molecule has 1 aromatic carbocycles. The molecule has 2 aromatic heterocycles. The van der Waals surface area contributed by atoms with E-state index in [4.69, 9.17) is 4.42 Å². The minimum atomic E-state index is -4.41. The summed E-state index contributed by atoms with van der Waals surface area (Å²) in [5, 5.41) is 13.9. The molecule has 0 spiro atoms. The summed E-state index contributed by atoms with van der Waals surface area (Å²) in [4.78, 5) is 16.6. The Balaban J connectivity index is 1.67. The van der Waals surface area contributed by atoms with Crippen LogP contribution in [-0.4, -0.2) is 32.2 Å². The number of hydrogen-bond donors (Lipinski definition) is 2. The molecule has 0 radical (unpaired) electrons. The predicted octanol–water partition coefficient (Wildman–Crippen LogP) is 3.32. The Morgan fingerprint density at radius 2 is 1.93 bits per heavy atom. The van der Waals surface area contributed by atoms with Crippen molar-refractivity contribution in [3.8, 4) is 11.6 Å². The lowest BCUT2D eigenvalue weighted by Gasteiger charge is -2.14. The number of aryl methyl sites for hydroxylation is 1. The van der Waals surface area contributed by atoms with E-state index in [0.29, 0.717) is 36.0 Å². The van der Waals surface area contributed by atoms with Crippen molar-refractivity contribution in [2.75, 3.05) is 11.9 Å². The number of benzene rings is 1. The maximum atomic E-state index is 12.8. The van der Waals surface area contributed by atoms with E-state index in [9.17, 15) is 18.0 Å². The molecule has 3 heterocycles. The molecule has 0 aliphatic carbocycles. The van der Waals surface area contributed by atoms with Gasteiger partial charge in [-0.25, -0.2) is 4.98 Å². The Kier molecular flexibility index (Phi) is 4.55. The van der Waals surface area contributed by atoms with Crippen LogP contribution in [-0.2, 0) is 23.4 Å². The summed E-state index contributed by atoms with van der Waals surface area (Å²) in [5.74, 6) is 1.23. The Hall–Kier alpha value is -3.37. The number of hydrogen-bond acceptors (Lipinski definition) is 6. The number of anilines is 2. The fourth-order valence-corrected chi connectivity index (χ4v) is 3.26. The first kappa shape index (κ1) is 19.9. The summed E-state index contributed by atoms with van der Waals surface area (Å²) in [6, 6.07) is 4.65. The lowest BCUT2D eigenvalue weighted by Crippen LogP contribution is -2.32. The zero-order valence-electron chi connectivity index (χ0n) is 16.5. The number of aromatic nitrogens is 4. The van der Waals surface area contributed by atoms with Crippen molar-refractivity contribution in [2.24, 2.45) is 7.05 Å². The molecule has 1 amide bonds. The topological polar surface area (TPSA) is 97.9 Å². The van der Waals surface area contributed by atoms with E-state index >= 15 is 0 Å². The van der Waals surface area contributed by atoms with Crippen LogP contribution in [0.2, 0.25) is 0 Å². The maximum Gasteiger partial charge on any atom is 0.416 e. The van der Waals surface area contributed by atoms with Crippen molar-refractivity contribution in [1.29, 1.82) is 0 Å². The maximum absolute atomic E-state index is 12.8. The molecule has 1 saturated heterocycles. The molecule has 1 fully saturated rings. The van der Waals surface area contributed by atoms with Gasteiger partial charge in [0.15, 0.2) is 5.69 Å². The highest BCUT2D eigenvalue weighted by molar-refractivity contribution is 5.88. The first-order valence-electron chi connectivity index (χ1n) is 9.20. The number of imidazole rings is 1. The standard InChI is InChI=1S/C19H19F3N6O2/c1-10-24-13(15-26-27-17(30-15)18(2)8-9-23-16(18)29)14(28(10)3)25-12-6-4-11(5-7-12)19(20,21)22/h4-7,25H,8-9H2,1-3H3,(H,23,29). The van der Waals surface area contributed by atoms with E-state index in [1.807, 2.05) is 0 Å². The number of nitrogens with zero attached hydrogens (tertiary/aromatic N) is 4. The van der Waals surface area contributed by atoms with E-state index in [-0.39, 0.29) is 17.7 Å². The van der Waals surface area contributed by atoms with Crippen molar-refractivity contribution in [1.82, 2.24) is 25.1 Å². The predicted molar refractivity (Wildman–Crippen MR) is 101 cm³/mol. The molecule has 2 N–H and O–H groups in total. The molecule has 0 bridgehead atoms. The van der Waals surface area contributed by atoms with Crippen molar-refractivity contribution >= 4 is 17.4 Å². The van der Waals surface area contributed by atoms with Gasteiger partial charge >= 0.3 is 6.18 Å². The van der Waals surface area contributed by atoms with Crippen molar-refractivity contribution in [3.05, 3.63) is 41.5 Å². The van der Waals surface area contributed by atoms with Gasteiger partial charge in [-0.05, 0) is 44.5 Å². The van der Waals surface area contributed by atoms with Crippen LogP contribution in [0.25, 0.3) is 11.6 Å². The minimum absolute atomic E-state index is 0.115. The number of carbonyl (C=O) groups excluding carboxylic acids is 1. The summed E-state index contributed by atoms with van der Waals surface area (Å²) in [5.41, 5.74) is -0.861. The second kappa shape index (κ2) is 6.85. The largest absolute Gasteiger partial charge is 0.418 e. The van der Waals surface area contributed by atoms with E-state index in [1.165, 1.54) is 12.1 Å². The lowest BCUT2D eigenvalue weighted by molar-refractivity contribution is -0.137. The Bertz CT molecular complexity index is 1100. The van der Waals surface area contributed by atoms with E-state index in [0.717, 1.165) is 12.1 Å². The average Bonchev–Trinajstić information content (AvgIpc) is 3.37. The number of carbonyl (C=O) groups is 1. The minimum Gasteiger partial charge on any atom is -0.418 e. The molecule has 4 rings (SSSR count). The Morgan fingerprint density at radius 3 is 2.53 bits per heavy atom. The average molecular weight is 420 g/mol. The van der Waals surface area contributed by atoms with Crippen LogP contribution in [0.1, 0.15) is 30.6 Å². The van der Waals surface area contributed by atoms with E-state index in [2.05, 4.69) is 25.8 Å². The van der Waals surface area contributed by atoms with Crippen LogP contribution in [0.15, 0.2) is 28.7 Å². The summed E-state index contributed by atoms with van der Waals surface area (Å²) < 4.78 is 45.9. The van der Waals surface area contributed by atoms with Gasteiger partial charge in [-0.15, -0.1) is 10.2 Å². The van der Waals surface area contributed by atoms with Gasteiger partial charge in [-0.3, -0.25) is 4.79 Å². The van der Waals surface area contributed by atoms with Gasteiger partial charge in [0.2, 0.25) is 11.8 Å². The van der Waals surface area contributed by atoms with Gasteiger partial charge in [0.1, 0.15) is 17.1 Å². The van der Waals surface area contributed by atoms with Crippen LogP contribution < -0.4 is 10.6 Å². The summed E-state index contributed by atoms with van der Waals surface area (Å²) >= 11 is 0. The molecule has 30 heavy (non-hydrogen) atoms. The van der Waals surface area contributed by atoms with Gasteiger partial charge in [0, 0.05) is 19.3 Å². The zero-order chi connectivity index (χ0) is 21.7. The smallest absolute Gasteiger partial charge is 0.416 e. The second-order valence-corrected chi connectivity index (χ2v) is 7.37. The van der Waals surface area contributed by atoms with Gasteiger partial charge in [-0.2, -0.15) is 13.2 Å². The number of halogens is 3. The molecule has 11 heteroatoms. The Labute approximate surface area is 169 Å². The highest BCUT2D eigenvalue weighted by Crippen LogP contribution is 2.35. The van der Waals surface area contributed by atoms with Gasteiger partial charge < -0.3 is 19.6 Å². The molecule has 158 valence electrons. The molecular formula is C19H19F3N6O2. The fraction of sp³-hybridized carbons (Fsp3) is 0.368. The van der Waals surface area contributed by atoms with Crippen molar-refractivity contribution in [3.63, 3.8) is 0 Å². The summed E-state index contributed by atoms with van der Waals surface area (Å²) in [6.45, 7) is 4.03. The highest BCUT2D eigenvalue weighted by Gasteiger charge is 2.44. The van der Waals surface area contributed by atoms with Crippen molar-refractivity contribution < 1.29 is 22.4 Å². The summed E-state index contributed by atoms with van der Waals surface area (Å²) in [6.07, 6.45) is -3.87. The molecular weight excluding hydrogens is 401 g/mol. The van der Waals surface area contributed by atoms with E-state index < -0.39 is 17.2 Å². The number of alkyl halides is 3. The van der Waals surface area contributed by atoms with Crippen LogP contribution in [0.5, 0.6) is 0 Å². The highest BCUT2D eigenvalue weighted by atomic mass is 19.4. The van der Waals surface area contributed by atoms with Gasteiger partial charge in [0.25, 0.3) is 5.89 Å². The fourth-order valence-electron chi connectivity index (χ4n) is 3.26. The molecule has 1 aliphatic heterocycles. The molecule has 0 saturated carbocycles. The third-order valence-corrected chi connectivity index (χ3v) is 5.31. The number of amides is 1. The lowest BCUT2D eigenvalue weighted by atomic mass is 9.89. The Morgan fingerprint density at radius 1 is 1.23 bits per heavy atom. The first-order valence-corrected chi connectivity index (χ1v) is 9.20. The van der Waals surface area contributed by atoms with Crippen LogP contribution in [0.3, 0.4) is 0 Å². The van der Waals surface area contributed by atoms with Gasteiger partial charge in [0.05, 0.1) is 5.56 Å². The monoisotopic (exact) mass is 420 g/mol. The third kappa shape index (κ3) is 3.29. The summed E-state index contributed by atoms with van der Waals surface area (Å²) in [7, 11) is 1.75. The van der Waals surface area contributed by atoms with E-state index in [1.54, 1.807) is 25.5 Å². The molecule has 3 aromatic rings. The van der Waals surface area contributed by atoms with Crippen LogP contribution in [0, 0.1) is 6.92 Å². The molecule has 8 nitrogen and oxygen atoms in total. The number of rotatable bonds is 4.